The standard InChI is InChI=1S/C14H17N3O4S2/c1-11-14-3-2-8-16(14)9-10-17(11)23(20,21)13-6-4-12(5-7-13)22(15,18)19/h2-8,11H,9-10H2,1H3,(H2,15,18,19). The lowest BCUT2D eigenvalue weighted by Crippen LogP contribution is -2.40. The summed E-state index contributed by atoms with van der Waals surface area (Å²) in [5, 5.41) is 5.03. The summed E-state index contributed by atoms with van der Waals surface area (Å²) < 4.78 is 51.6. The monoisotopic (exact) mass is 355 g/mol. The molecule has 0 fully saturated rings. The average Bonchev–Trinajstić information content (AvgIpc) is 2.96. The van der Waals surface area contributed by atoms with Crippen LogP contribution in [0.4, 0.5) is 0 Å². The highest BCUT2D eigenvalue weighted by atomic mass is 32.2. The maximum absolute atomic E-state index is 12.8. The van der Waals surface area contributed by atoms with Crippen molar-refractivity contribution in [2.75, 3.05) is 6.54 Å². The molecule has 1 aliphatic rings. The Balaban J connectivity index is 1.96. The molecule has 0 saturated carbocycles. The zero-order valence-corrected chi connectivity index (χ0v) is 14.1. The lowest BCUT2D eigenvalue weighted by molar-refractivity contribution is 0.282. The summed E-state index contributed by atoms with van der Waals surface area (Å²) in [4.78, 5) is -0.0613. The zero-order valence-electron chi connectivity index (χ0n) is 12.5. The van der Waals surface area contributed by atoms with Gasteiger partial charge in [0, 0.05) is 25.0 Å². The van der Waals surface area contributed by atoms with Gasteiger partial charge in [-0.1, -0.05) is 0 Å². The Hall–Kier alpha value is -1.68. The molecule has 1 aromatic carbocycles. The highest BCUT2D eigenvalue weighted by molar-refractivity contribution is 7.89. The molecule has 1 unspecified atom stereocenters. The van der Waals surface area contributed by atoms with Gasteiger partial charge in [0.1, 0.15) is 0 Å². The molecule has 2 N–H and O–H groups in total. The van der Waals surface area contributed by atoms with Crippen LogP contribution in [-0.2, 0) is 26.6 Å². The van der Waals surface area contributed by atoms with Gasteiger partial charge in [-0.3, -0.25) is 0 Å². The molecule has 9 heteroatoms. The van der Waals surface area contributed by atoms with E-state index in [2.05, 4.69) is 0 Å². The number of fused-ring (bicyclic) bond motifs is 1. The molecular formula is C14H17N3O4S2. The molecule has 1 aliphatic heterocycles. The average molecular weight is 355 g/mol. The van der Waals surface area contributed by atoms with Crippen LogP contribution < -0.4 is 5.14 Å². The van der Waals surface area contributed by atoms with Crippen molar-refractivity contribution in [3.8, 4) is 0 Å². The van der Waals surface area contributed by atoms with E-state index in [1.54, 1.807) is 0 Å². The van der Waals surface area contributed by atoms with Crippen LogP contribution in [0.2, 0.25) is 0 Å². The summed E-state index contributed by atoms with van der Waals surface area (Å²) in [6.07, 6.45) is 1.93. The summed E-state index contributed by atoms with van der Waals surface area (Å²) in [6, 6.07) is 8.46. The van der Waals surface area contributed by atoms with Gasteiger partial charge in [-0.2, -0.15) is 4.31 Å². The van der Waals surface area contributed by atoms with Crippen LogP contribution in [0.25, 0.3) is 0 Å². The molecule has 7 nitrogen and oxygen atoms in total. The number of hydrogen-bond acceptors (Lipinski definition) is 4. The molecule has 0 bridgehead atoms. The van der Waals surface area contributed by atoms with Gasteiger partial charge in [0.15, 0.2) is 0 Å². The lowest BCUT2D eigenvalue weighted by Gasteiger charge is -2.33. The molecule has 0 spiro atoms. The molecule has 1 atom stereocenters. The number of rotatable bonds is 3. The van der Waals surface area contributed by atoms with Gasteiger partial charge in [-0.15, -0.1) is 0 Å². The van der Waals surface area contributed by atoms with E-state index in [9.17, 15) is 16.8 Å². The van der Waals surface area contributed by atoms with Gasteiger partial charge in [0.25, 0.3) is 0 Å². The van der Waals surface area contributed by atoms with Gasteiger partial charge in [0.2, 0.25) is 20.0 Å². The first-order valence-electron chi connectivity index (χ1n) is 7.01. The van der Waals surface area contributed by atoms with Crippen LogP contribution in [0, 0.1) is 0 Å². The molecule has 0 amide bonds. The van der Waals surface area contributed by atoms with Crippen molar-refractivity contribution in [1.82, 2.24) is 8.87 Å². The van der Waals surface area contributed by atoms with Crippen LogP contribution in [0.5, 0.6) is 0 Å². The highest BCUT2D eigenvalue weighted by Gasteiger charge is 2.33. The molecule has 2 aromatic rings. The Labute approximate surface area is 135 Å². The summed E-state index contributed by atoms with van der Waals surface area (Å²) in [7, 11) is -7.55. The maximum Gasteiger partial charge on any atom is 0.243 e. The van der Waals surface area contributed by atoms with Crippen molar-refractivity contribution in [2.45, 2.75) is 29.3 Å². The number of benzene rings is 1. The Morgan fingerprint density at radius 3 is 2.22 bits per heavy atom. The van der Waals surface area contributed by atoms with Crippen molar-refractivity contribution in [2.24, 2.45) is 5.14 Å². The van der Waals surface area contributed by atoms with E-state index in [0.29, 0.717) is 13.1 Å². The Kier molecular flexibility index (Phi) is 3.83. The molecule has 1 aromatic heterocycles. The molecule has 0 radical (unpaired) electrons. The Morgan fingerprint density at radius 2 is 1.61 bits per heavy atom. The fraction of sp³-hybridized carbons (Fsp3) is 0.286. The fourth-order valence-corrected chi connectivity index (χ4v) is 4.94. The van der Waals surface area contributed by atoms with Crippen LogP contribution in [-0.4, -0.2) is 32.3 Å². The second-order valence-electron chi connectivity index (χ2n) is 5.43. The predicted octanol–water partition coefficient (Wildman–Crippen LogP) is 0.901. The maximum atomic E-state index is 12.8. The van der Waals surface area contributed by atoms with Crippen molar-refractivity contribution in [1.29, 1.82) is 0 Å². The van der Waals surface area contributed by atoms with Gasteiger partial charge in [-0.05, 0) is 43.3 Å². The summed E-state index contributed by atoms with van der Waals surface area (Å²) in [6.45, 7) is 2.78. The van der Waals surface area contributed by atoms with Gasteiger partial charge >= 0.3 is 0 Å². The van der Waals surface area contributed by atoms with E-state index in [4.69, 9.17) is 5.14 Å². The molecular weight excluding hydrogens is 338 g/mol. The van der Waals surface area contributed by atoms with Crippen LogP contribution in [0.1, 0.15) is 18.7 Å². The largest absolute Gasteiger partial charge is 0.349 e. The fourth-order valence-electron chi connectivity index (χ4n) is 2.82. The number of nitrogens with two attached hydrogens (primary N) is 1. The third-order valence-corrected chi connectivity index (χ3v) is 6.96. The van der Waals surface area contributed by atoms with E-state index in [1.165, 1.54) is 28.6 Å². The van der Waals surface area contributed by atoms with Crippen LogP contribution in [0.3, 0.4) is 0 Å². The summed E-state index contributed by atoms with van der Waals surface area (Å²) in [5.74, 6) is 0. The first-order chi connectivity index (χ1) is 10.7. The van der Waals surface area contributed by atoms with Crippen molar-refractivity contribution in [3.63, 3.8) is 0 Å². The molecule has 23 heavy (non-hydrogen) atoms. The zero-order chi connectivity index (χ0) is 16.8. The number of primary sulfonamides is 1. The minimum absolute atomic E-state index is 0.0526. The Morgan fingerprint density at radius 1 is 1.00 bits per heavy atom. The topological polar surface area (TPSA) is 102 Å². The van der Waals surface area contributed by atoms with Crippen LogP contribution >= 0.6 is 0 Å². The van der Waals surface area contributed by atoms with Crippen molar-refractivity contribution < 1.29 is 16.8 Å². The van der Waals surface area contributed by atoms with Crippen molar-refractivity contribution >= 4 is 20.0 Å². The number of sulfonamides is 2. The van der Waals surface area contributed by atoms with Crippen LogP contribution in [0.15, 0.2) is 52.4 Å². The number of aromatic nitrogens is 1. The first-order valence-corrected chi connectivity index (χ1v) is 9.99. The number of nitrogens with zero attached hydrogens (tertiary/aromatic N) is 2. The van der Waals surface area contributed by atoms with E-state index in [1.807, 2.05) is 29.8 Å². The second kappa shape index (κ2) is 5.45. The third-order valence-electron chi connectivity index (χ3n) is 4.04. The van der Waals surface area contributed by atoms with Gasteiger partial charge < -0.3 is 4.57 Å². The molecule has 3 rings (SSSR count). The molecule has 124 valence electrons. The third kappa shape index (κ3) is 2.80. The quantitative estimate of drug-likeness (QED) is 0.883. The van der Waals surface area contributed by atoms with Gasteiger partial charge in [-0.25, -0.2) is 22.0 Å². The Bertz CT molecular complexity index is 931. The molecule has 2 heterocycles. The normalized spacial score (nSPS) is 19.5. The number of hydrogen-bond donors (Lipinski definition) is 1. The second-order valence-corrected chi connectivity index (χ2v) is 8.89. The van der Waals surface area contributed by atoms with E-state index in [-0.39, 0.29) is 15.8 Å². The summed E-state index contributed by atoms with van der Waals surface area (Å²) >= 11 is 0. The SMILES string of the molecule is CC1c2cccn2CCN1S(=O)(=O)c1ccc(S(N)(=O)=O)cc1. The molecule has 0 saturated heterocycles. The highest BCUT2D eigenvalue weighted by Crippen LogP contribution is 2.31. The lowest BCUT2D eigenvalue weighted by atomic mass is 10.2. The minimum Gasteiger partial charge on any atom is -0.349 e. The predicted molar refractivity (Wildman–Crippen MR) is 84.6 cm³/mol. The smallest absolute Gasteiger partial charge is 0.243 e. The minimum atomic E-state index is -3.84. The first kappa shape index (κ1) is 16.2. The molecule has 0 aliphatic carbocycles. The van der Waals surface area contributed by atoms with Crippen molar-refractivity contribution in [3.05, 3.63) is 48.3 Å². The van der Waals surface area contributed by atoms with E-state index >= 15 is 0 Å². The van der Waals surface area contributed by atoms with E-state index < -0.39 is 20.0 Å². The van der Waals surface area contributed by atoms with E-state index in [0.717, 1.165) is 5.69 Å². The van der Waals surface area contributed by atoms with Gasteiger partial charge in [0.05, 0.1) is 15.8 Å². The summed E-state index contributed by atoms with van der Waals surface area (Å²) in [5.41, 5.74) is 0.931.